The number of carbonyl (C=O) groups excluding carboxylic acids is 1. The molecule has 31 heavy (non-hydrogen) atoms. The van der Waals surface area contributed by atoms with Gasteiger partial charge in [-0.15, -0.1) is 0 Å². The van der Waals surface area contributed by atoms with E-state index < -0.39 is 0 Å². The predicted octanol–water partition coefficient (Wildman–Crippen LogP) is 3.13. The van der Waals surface area contributed by atoms with Crippen molar-refractivity contribution >= 4 is 35.3 Å². The van der Waals surface area contributed by atoms with Crippen molar-refractivity contribution < 1.29 is 9.53 Å². The molecule has 0 saturated carbocycles. The Morgan fingerprint density at radius 3 is 2.61 bits per heavy atom. The number of pyridine rings is 2. The third kappa shape index (κ3) is 5.41. The number of carbonyl (C=O) groups is 1. The normalized spacial score (nSPS) is 10.9. The zero-order valence-electron chi connectivity index (χ0n) is 17.2. The molecule has 0 aliphatic heterocycles. The van der Waals surface area contributed by atoms with Crippen molar-refractivity contribution in [3.63, 3.8) is 0 Å². The number of hydrogen-bond donors (Lipinski definition) is 4. The van der Waals surface area contributed by atoms with Crippen molar-refractivity contribution in [2.45, 2.75) is 20.0 Å². The van der Waals surface area contributed by atoms with E-state index in [1.165, 1.54) is 18.5 Å². The maximum atomic E-state index is 12.6. The largest absolute Gasteiger partial charge is 0.491 e. The second-order valence-electron chi connectivity index (χ2n) is 6.86. The Bertz CT molecular complexity index is 1140. The van der Waals surface area contributed by atoms with Gasteiger partial charge in [-0.2, -0.15) is 0 Å². The standard InChI is InChI=1S/C22H23N7O2/c1-13(2)31-16-3-4-18(24)17(11-16)21(25)14-5-7-27-20(9-14)29-22(30)15-6-8-26-19(10-15)28-12-23/h3-13,25H,24H2,1-2H3,(H2,23,26,28)(H,27,29,30). The third-order valence-electron chi connectivity index (χ3n) is 4.17. The summed E-state index contributed by atoms with van der Waals surface area (Å²) in [5, 5.41) is 11.3. The molecule has 0 saturated heterocycles. The number of aromatic nitrogens is 2. The van der Waals surface area contributed by atoms with E-state index in [1.807, 2.05) is 13.8 Å². The van der Waals surface area contributed by atoms with E-state index in [0.717, 1.165) is 6.34 Å². The molecular formula is C22H23N7O2. The summed E-state index contributed by atoms with van der Waals surface area (Å²) >= 11 is 0. The van der Waals surface area contributed by atoms with E-state index in [0.29, 0.717) is 39.8 Å². The van der Waals surface area contributed by atoms with Gasteiger partial charge in [-0.25, -0.2) is 15.0 Å². The quantitative estimate of drug-likeness (QED) is 0.263. The summed E-state index contributed by atoms with van der Waals surface area (Å²) in [5.74, 6) is 0.845. The smallest absolute Gasteiger partial charge is 0.257 e. The lowest BCUT2D eigenvalue weighted by atomic mass is 10.0. The van der Waals surface area contributed by atoms with Crippen LogP contribution in [0.25, 0.3) is 0 Å². The summed E-state index contributed by atoms with van der Waals surface area (Å²) in [6.45, 7) is 3.85. The summed E-state index contributed by atoms with van der Waals surface area (Å²) in [6, 6.07) is 11.5. The Balaban J connectivity index is 1.82. The highest BCUT2D eigenvalue weighted by Crippen LogP contribution is 2.24. The first-order valence-electron chi connectivity index (χ1n) is 9.50. The molecule has 0 fully saturated rings. The highest BCUT2D eigenvalue weighted by Gasteiger charge is 2.13. The van der Waals surface area contributed by atoms with Crippen LogP contribution in [0, 0.1) is 5.41 Å². The van der Waals surface area contributed by atoms with Crippen LogP contribution in [0.15, 0.2) is 59.9 Å². The van der Waals surface area contributed by atoms with Crippen molar-refractivity contribution in [2.24, 2.45) is 10.7 Å². The van der Waals surface area contributed by atoms with Crippen molar-refractivity contribution in [2.75, 3.05) is 11.1 Å². The minimum Gasteiger partial charge on any atom is -0.491 e. The number of nitrogens with two attached hydrogens (primary N) is 2. The number of nitrogens with zero attached hydrogens (tertiary/aromatic N) is 3. The lowest BCUT2D eigenvalue weighted by Crippen LogP contribution is -2.14. The molecule has 9 heteroatoms. The first kappa shape index (κ1) is 21.4. The fourth-order valence-electron chi connectivity index (χ4n) is 2.80. The van der Waals surface area contributed by atoms with Crippen molar-refractivity contribution in [1.29, 1.82) is 5.41 Å². The maximum absolute atomic E-state index is 12.6. The van der Waals surface area contributed by atoms with E-state index in [1.54, 1.807) is 36.4 Å². The van der Waals surface area contributed by atoms with Crippen LogP contribution in [0.3, 0.4) is 0 Å². The van der Waals surface area contributed by atoms with Crippen LogP contribution in [0.5, 0.6) is 5.75 Å². The van der Waals surface area contributed by atoms with Crippen LogP contribution < -0.4 is 21.5 Å². The predicted molar refractivity (Wildman–Crippen MR) is 121 cm³/mol. The average Bonchev–Trinajstić information content (AvgIpc) is 2.75. The van der Waals surface area contributed by atoms with E-state index >= 15 is 0 Å². The van der Waals surface area contributed by atoms with Gasteiger partial charge in [-0.3, -0.25) is 10.2 Å². The van der Waals surface area contributed by atoms with Crippen molar-refractivity contribution in [1.82, 2.24) is 9.97 Å². The Morgan fingerprint density at radius 2 is 1.87 bits per heavy atom. The third-order valence-corrected chi connectivity index (χ3v) is 4.17. The molecule has 2 heterocycles. The number of anilines is 2. The molecule has 3 rings (SSSR count). The highest BCUT2D eigenvalue weighted by atomic mass is 16.5. The number of hydrogen-bond acceptors (Lipinski definition) is 7. The lowest BCUT2D eigenvalue weighted by Gasteiger charge is -2.14. The highest BCUT2D eigenvalue weighted by molar-refractivity contribution is 6.14. The van der Waals surface area contributed by atoms with Crippen LogP contribution in [0.1, 0.15) is 35.3 Å². The first-order chi connectivity index (χ1) is 14.9. The minimum absolute atomic E-state index is 0.00218. The van der Waals surface area contributed by atoms with Crippen LogP contribution in [-0.4, -0.2) is 34.0 Å². The molecule has 6 N–H and O–H groups in total. The average molecular weight is 417 g/mol. The van der Waals surface area contributed by atoms with Crippen LogP contribution in [-0.2, 0) is 0 Å². The first-order valence-corrected chi connectivity index (χ1v) is 9.50. The summed E-state index contributed by atoms with van der Waals surface area (Å²) in [5.41, 5.74) is 13.4. The Kier molecular flexibility index (Phi) is 6.56. The Morgan fingerprint density at radius 1 is 1.13 bits per heavy atom. The fraction of sp³-hybridized carbons (Fsp3) is 0.136. The summed E-state index contributed by atoms with van der Waals surface area (Å²) < 4.78 is 5.70. The molecule has 3 aromatic rings. The zero-order chi connectivity index (χ0) is 22.4. The molecule has 0 aliphatic rings. The molecule has 0 radical (unpaired) electrons. The van der Waals surface area contributed by atoms with Gasteiger partial charge in [0, 0.05) is 34.8 Å². The van der Waals surface area contributed by atoms with E-state index in [9.17, 15) is 4.79 Å². The van der Waals surface area contributed by atoms with Crippen LogP contribution >= 0.6 is 0 Å². The second-order valence-corrected chi connectivity index (χ2v) is 6.86. The van der Waals surface area contributed by atoms with Crippen molar-refractivity contribution in [3.05, 3.63) is 71.5 Å². The monoisotopic (exact) mass is 417 g/mol. The summed E-state index contributed by atoms with van der Waals surface area (Å²) in [4.78, 5) is 24.6. The van der Waals surface area contributed by atoms with Gasteiger partial charge in [0.15, 0.2) is 5.82 Å². The molecule has 0 bridgehead atoms. The fourth-order valence-corrected chi connectivity index (χ4v) is 2.80. The van der Waals surface area contributed by atoms with E-state index in [4.69, 9.17) is 21.6 Å². The minimum atomic E-state index is -0.390. The van der Waals surface area contributed by atoms with E-state index in [-0.39, 0.29) is 17.7 Å². The number of nitrogens with one attached hydrogen (secondary N) is 2. The zero-order valence-corrected chi connectivity index (χ0v) is 17.2. The molecule has 0 atom stereocenters. The van der Waals surface area contributed by atoms with Gasteiger partial charge >= 0.3 is 0 Å². The van der Waals surface area contributed by atoms with Gasteiger partial charge in [0.05, 0.1) is 18.2 Å². The molecule has 9 nitrogen and oxygen atoms in total. The number of rotatable bonds is 7. The summed E-state index contributed by atoms with van der Waals surface area (Å²) in [6.07, 6.45) is 4.08. The molecule has 1 amide bonds. The molecular weight excluding hydrogens is 394 g/mol. The molecule has 1 aromatic carbocycles. The number of ether oxygens (including phenoxy) is 1. The molecule has 0 spiro atoms. The van der Waals surface area contributed by atoms with Gasteiger partial charge in [0.1, 0.15) is 11.6 Å². The van der Waals surface area contributed by atoms with E-state index in [2.05, 4.69) is 20.3 Å². The number of aliphatic imine (C=N–C) groups is 1. The number of nitrogen functional groups attached to an aromatic ring is 1. The Labute approximate surface area is 179 Å². The van der Waals surface area contributed by atoms with Crippen LogP contribution in [0.2, 0.25) is 0 Å². The van der Waals surface area contributed by atoms with Gasteiger partial charge in [-0.05, 0) is 56.3 Å². The van der Waals surface area contributed by atoms with Gasteiger partial charge < -0.3 is 21.5 Å². The molecule has 2 aromatic heterocycles. The van der Waals surface area contributed by atoms with Gasteiger partial charge in [-0.1, -0.05) is 0 Å². The second kappa shape index (κ2) is 9.49. The molecule has 0 unspecified atom stereocenters. The van der Waals surface area contributed by atoms with Gasteiger partial charge in [0.25, 0.3) is 5.91 Å². The number of amides is 1. The Hall–Kier alpha value is -4.27. The topological polar surface area (TPSA) is 152 Å². The van der Waals surface area contributed by atoms with Crippen molar-refractivity contribution in [3.8, 4) is 5.75 Å². The maximum Gasteiger partial charge on any atom is 0.257 e. The van der Waals surface area contributed by atoms with Crippen LogP contribution in [0.4, 0.5) is 17.3 Å². The van der Waals surface area contributed by atoms with Gasteiger partial charge in [0.2, 0.25) is 0 Å². The lowest BCUT2D eigenvalue weighted by molar-refractivity contribution is 0.102. The molecule has 158 valence electrons. The SMILES string of the molecule is CC(C)Oc1ccc(N)c(C(=N)c2ccnc(NC(=O)c3ccnc(N=CN)c3)c2)c1. The summed E-state index contributed by atoms with van der Waals surface area (Å²) in [7, 11) is 0. The number of benzene rings is 1. The molecule has 0 aliphatic carbocycles.